The summed E-state index contributed by atoms with van der Waals surface area (Å²) in [6.45, 7) is 4.49. The molecule has 1 N–H and O–H groups in total. The Morgan fingerprint density at radius 1 is 1.17 bits per heavy atom. The van der Waals surface area contributed by atoms with E-state index in [1.165, 1.54) is 0 Å². The zero-order valence-corrected chi connectivity index (χ0v) is 19.4. The lowest BCUT2D eigenvalue weighted by Gasteiger charge is -2.12. The van der Waals surface area contributed by atoms with Crippen LogP contribution >= 0.6 is 31.9 Å². The Hall–Kier alpha value is -2.07. The van der Waals surface area contributed by atoms with E-state index in [0.29, 0.717) is 25.4 Å². The fourth-order valence-electron chi connectivity index (χ4n) is 2.47. The summed E-state index contributed by atoms with van der Waals surface area (Å²) in [6, 6.07) is 13.2. The van der Waals surface area contributed by atoms with Crippen LogP contribution in [0.25, 0.3) is 0 Å². The molecule has 0 bridgehead atoms. The first-order chi connectivity index (χ1) is 13.9. The Kier molecular flexibility index (Phi) is 9.46. The third-order valence-electron chi connectivity index (χ3n) is 3.89. The number of carboxylic acid groups (broad SMARTS) is 1. The van der Waals surface area contributed by atoms with Crippen LogP contribution in [0.2, 0.25) is 0 Å². The van der Waals surface area contributed by atoms with Gasteiger partial charge in [-0.1, -0.05) is 55.8 Å². The van der Waals surface area contributed by atoms with Crippen molar-refractivity contribution in [3.05, 3.63) is 74.2 Å². The summed E-state index contributed by atoms with van der Waals surface area (Å²) in [4.78, 5) is 11.2. The van der Waals surface area contributed by atoms with Gasteiger partial charge in [0.05, 0.1) is 0 Å². The van der Waals surface area contributed by atoms with Gasteiger partial charge in [0, 0.05) is 27.5 Å². The zero-order valence-electron chi connectivity index (χ0n) is 16.2. The zero-order chi connectivity index (χ0) is 21.2. The van der Waals surface area contributed by atoms with Gasteiger partial charge >= 0.3 is 5.97 Å². The van der Waals surface area contributed by atoms with Crippen LogP contribution in [0, 0.1) is 11.8 Å². The summed E-state index contributed by atoms with van der Waals surface area (Å²) in [5.74, 6) is 6.00. The molecule has 0 radical (unpaired) electrons. The van der Waals surface area contributed by atoms with E-state index in [1.807, 2.05) is 55.5 Å². The molecular weight excluding hydrogens is 500 g/mol. The van der Waals surface area contributed by atoms with Crippen LogP contribution in [-0.2, 0) is 16.0 Å². The molecule has 0 heterocycles. The lowest BCUT2D eigenvalue weighted by molar-refractivity contribution is -0.149. The number of carbonyl (C=O) groups is 1. The Balaban J connectivity index is 1.89. The number of aliphatic carboxylic acids is 1. The molecular formula is C23H22Br2O4. The number of allylic oxidation sites excluding steroid dienone is 1. The van der Waals surface area contributed by atoms with E-state index in [9.17, 15) is 4.79 Å². The van der Waals surface area contributed by atoms with Crippen LogP contribution in [0.3, 0.4) is 0 Å². The monoisotopic (exact) mass is 520 g/mol. The van der Waals surface area contributed by atoms with Gasteiger partial charge in [-0.15, -0.1) is 0 Å². The largest absolute Gasteiger partial charge is 0.490 e. The molecule has 1 atom stereocenters. The summed E-state index contributed by atoms with van der Waals surface area (Å²) in [5, 5.41) is 9.16. The molecule has 2 rings (SSSR count). The van der Waals surface area contributed by atoms with Crippen molar-refractivity contribution in [2.45, 2.75) is 26.4 Å². The average molecular weight is 522 g/mol. The number of hydrogen-bond acceptors (Lipinski definition) is 3. The summed E-state index contributed by atoms with van der Waals surface area (Å²) >= 11 is 6.90. The number of benzene rings is 2. The molecule has 0 unspecified atom stereocenters. The van der Waals surface area contributed by atoms with E-state index in [4.69, 9.17) is 14.6 Å². The predicted octanol–water partition coefficient (Wildman–Crippen LogP) is 5.62. The summed E-state index contributed by atoms with van der Waals surface area (Å²) in [7, 11) is 0. The van der Waals surface area contributed by atoms with Crippen molar-refractivity contribution in [2.75, 3.05) is 13.2 Å². The lowest BCUT2D eigenvalue weighted by atomic mass is 10.1. The second-order valence-corrected chi connectivity index (χ2v) is 8.07. The first-order valence-electron chi connectivity index (χ1n) is 9.08. The van der Waals surface area contributed by atoms with Crippen LogP contribution in [-0.4, -0.2) is 30.4 Å². The predicted molar refractivity (Wildman–Crippen MR) is 121 cm³/mol. The standard InChI is InChI=1S/C23H22Br2O4/c1-3-28-22(23(26)27)14-17-6-8-21(9-7-17)29-11-10-16(2)4-5-18-12-19(24)15-20(25)13-18/h6-10,12-13,15,22H,3,11,14H2,1-2H3,(H,26,27)/t22-/m0/s1. The molecule has 2 aromatic carbocycles. The van der Waals surface area contributed by atoms with Crippen molar-refractivity contribution in [1.82, 2.24) is 0 Å². The highest BCUT2D eigenvalue weighted by Gasteiger charge is 2.17. The minimum Gasteiger partial charge on any atom is -0.490 e. The van der Waals surface area contributed by atoms with E-state index in [1.54, 1.807) is 6.92 Å². The van der Waals surface area contributed by atoms with Crippen molar-refractivity contribution in [2.24, 2.45) is 0 Å². The van der Waals surface area contributed by atoms with Crippen LogP contribution in [0.5, 0.6) is 5.75 Å². The van der Waals surface area contributed by atoms with E-state index in [0.717, 1.165) is 25.6 Å². The van der Waals surface area contributed by atoms with Gasteiger partial charge < -0.3 is 14.6 Å². The van der Waals surface area contributed by atoms with E-state index < -0.39 is 12.1 Å². The van der Waals surface area contributed by atoms with Crippen molar-refractivity contribution in [1.29, 1.82) is 0 Å². The average Bonchev–Trinajstić information content (AvgIpc) is 2.66. The molecule has 0 spiro atoms. The second-order valence-electron chi connectivity index (χ2n) is 6.24. The van der Waals surface area contributed by atoms with E-state index in [-0.39, 0.29) is 0 Å². The molecule has 29 heavy (non-hydrogen) atoms. The fourth-order valence-corrected chi connectivity index (χ4v) is 3.76. The van der Waals surface area contributed by atoms with Gasteiger partial charge in [0.2, 0.25) is 0 Å². The molecule has 6 heteroatoms. The Morgan fingerprint density at radius 3 is 2.41 bits per heavy atom. The smallest absolute Gasteiger partial charge is 0.333 e. The third kappa shape index (κ3) is 8.45. The lowest BCUT2D eigenvalue weighted by Crippen LogP contribution is -2.26. The number of ether oxygens (including phenoxy) is 2. The van der Waals surface area contributed by atoms with Crippen LogP contribution in [0.15, 0.2) is 63.1 Å². The van der Waals surface area contributed by atoms with Crippen LogP contribution < -0.4 is 4.74 Å². The van der Waals surface area contributed by atoms with Gasteiger partial charge in [-0.25, -0.2) is 4.79 Å². The van der Waals surface area contributed by atoms with Crippen molar-refractivity contribution in [3.8, 4) is 17.6 Å². The molecule has 152 valence electrons. The SMILES string of the molecule is CCO[C@@H](Cc1ccc(OCC=C(C)C#Cc2cc(Br)cc(Br)c2)cc1)C(=O)O. The molecule has 0 aliphatic rings. The van der Waals surface area contributed by atoms with Gasteiger partial charge in [-0.3, -0.25) is 0 Å². The highest BCUT2D eigenvalue weighted by molar-refractivity contribution is 9.11. The Morgan fingerprint density at radius 2 is 1.83 bits per heavy atom. The molecule has 0 amide bonds. The minimum atomic E-state index is -0.955. The Labute approximate surface area is 188 Å². The van der Waals surface area contributed by atoms with Gasteiger partial charge in [-0.05, 0) is 61.4 Å². The molecule has 2 aromatic rings. The van der Waals surface area contributed by atoms with Crippen LogP contribution in [0.4, 0.5) is 0 Å². The van der Waals surface area contributed by atoms with Gasteiger partial charge in [0.1, 0.15) is 12.4 Å². The van der Waals surface area contributed by atoms with Crippen LogP contribution in [0.1, 0.15) is 25.0 Å². The Bertz CT molecular complexity index is 904. The van der Waals surface area contributed by atoms with Crippen molar-refractivity contribution >= 4 is 37.8 Å². The maximum absolute atomic E-state index is 11.2. The quantitative estimate of drug-likeness (QED) is 0.458. The maximum Gasteiger partial charge on any atom is 0.333 e. The minimum absolute atomic E-state index is 0.323. The molecule has 0 saturated heterocycles. The first-order valence-corrected chi connectivity index (χ1v) is 10.7. The molecule has 4 nitrogen and oxygen atoms in total. The first kappa shape index (κ1) is 23.2. The molecule has 0 aliphatic carbocycles. The summed E-state index contributed by atoms with van der Waals surface area (Å²) < 4.78 is 12.9. The van der Waals surface area contributed by atoms with E-state index in [2.05, 4.69) is 43.7 Å². The maximum atomic E-state index is 11.2. The number of hydrogen-bond donors (Lipinski definition) is 1. The van der Waals surface area contributed by atoms with Gasteiger partial charge in [0.25, 0.3) is 0 Å². The normalized spacial score (nSPS) is 12.1. The molecule has 0 fully saturated rings. The van der Waals surface area contributed by atoms with E-state index >= 15 is 0 Å². The molecule has 0 saturated carbocycles. The fraction of sp³-hybridized carbons (Fsp3) is 0.261. The number of carboxylic acids is 1. The highest BCUT2D eigenvalue weighted by Crippen LogP contribution is 2.19. The second kappa shape index (κ2) is 11.8. The summed E-state index contributed by atoms with van der Waals surface area (Å²) in [6.07, 6.45) is 1.41. The van der Waals surface area contributed by atoms with Crippen molar-refractivity contribution in [3.63, 3.8) is 0 Å². The number of rotatable bonds is 8. The van der Waals surface area contributed by atoms with Gasteiger partial charge in [-0.2, -0.15) is 0 Å². The summed E-state index contributed by atoms with van der Waals surface area (Å²) in [5.41, 5.74) is 2.72. The molecule has 0 aliphatic heterocycles. The highest BCUT2D eigenvalue weighted by atomic mass is 79.9. The van der Waals surface area contributed by atoms with Crippen molar-refractivity contribution < 1.29 is 19.4 Å². The third-order valence-corrected chi connectivity index (χ3v) is 4.81. The van der Waals surface area contributed by atoms with Gasteiger partial charge in [0.15, 0.2) is 6.10 Å². The topological polar surface area (TPSA) is 55.8 Å². The number of halogens is 2. The molecule has 0 aromatic heterocycles.